The lowest BCUT2D eigenvalue weighted by Crippen LogP contribution is -2.76. The van der Waals surface area contributed by atoms with Gasteiger partial charge in [0, 0.05) is 11.3 Å². The summed E-state index contributed by atoms with van der Waals surface area (Å²) >= 11 is 0. The van der Waals surface area contributed by atoms with Crippen LogP contribution in [0.3, 0.4) is 0 Å². The van der Waals surface area contributed by atoms with Crippen molar-refractivity contribution in [2.75, 3.05) is 7.11 Å². The molecule has 3 aliphatic rings. The van der Waals surface area contributed by atoms with Crippen molar-refractivity contribution in [2.24, 2.45) is 34.5 Å². The Labute approximate surface area is 227 Å². The monoisotopic (exact) mass is 540 g/mol. The van der Waals surface area contributed by atoms with Gasteiger partial charge >= 0.3 is 5.97 Å². The second kappa shape index (κ2) is 8.91. The smallest absolute Gasteiger partial charge is 0.341 e. The molecule has 9 heteroatoms. The van der Waals surface area contributed by atoms with Gasteiger partial charge in [0.1, 0.15) is 23.0 Å². The zero-order chi connectivity index (χ0) is 29.6. The largest absolute Gasteiger partial charge is 0.506 e. The zero-order valence-corrected chi connectivity index (χ0v) is 23.6. The van der Waals surface area contributed by atoms with Crippen molar-refractivity contribution in [1.29, 1.82) is 0 Å². The summed E-state index contributed by atoms with van der Waals surface area (Å²) in [6.45, 7) is 11.5. The van der Waals surface area contributed by atoms with Gasteiger partial charge in [0.15, 0.2) is 28.7 Å². The number of hydrogen-bond donors (Lipinski definition) is 2. The summed E-state index contributed by atoms with van der Waals surface area (Å²) in [4.78, 5) is 80.7. The van der Waals surface area contributed by atoms with Crippen molar-refractivity contribution in [3.8, 4) is 5.75 Å². The van der Waals surface area contributed by atoms with Crippen LogP contribution in [0.4, 0.5) is 0 Å². The molecule has 6 atom stereocenters. The lowest BCUT2D eigenvalue weighted by Gasteiger charge is -2.62. The highest BCUT2D eigenvalue weighted by molar-refractivity contribution is 6.32. The number of carbonyl (C=O) groups is 6. The molecule has 0 saturated heterocycles. The van der Waals surface area contributed by atoms with E-state index in [0.29, 0.717) is 11.1 Å². The number of phenolic OH excluding ortho intramolecular Hbond substituents is 1. The number of carbonyl (C=O) groups excluding carboxylic acids is 6. The van der Waals surface area contributed by atoms with E-state index in [0.717, 1.165) is 14.0 Å². The molecular formula is C30H36O9. The van der Waals surface area contributed by atoms with Crippen LogP contribution in [0, 0.1) is 34.5 Å². The van der Waals surface area contributed by atoms with Gasteiger partial charge in [0.25, 0.3) is 0 Å². The lowest BCUT2D eigenvalue weighted by atomic mass is 9.39. The van der Waals surface area contributed by atoms with Crippen molar-refractivity contribution in [3.05, 3.63) is 28.3 Å². The summed E-state index contributed by atoms with van der Waals surface area (Å²) < 4.78 is 4.79. The number of benzene rings is 1. The predicted octanol–water partition coefficient (Wildman–Crippen LogP) is 3.00. The number of rotatable bonds is 4. The van der Waals surface area contributed by atoms with Crippen molar-refractivity contribution in [2.45, 2.75) is 72.8 Å². The van der Waals surface area contributed by atoms with E-state index in [2.05, 4.69) is 0 Å². The number of aliphatic hydroxyl groups is 1. The maximum absolute atomic E-state index is 14.3. The minimum atomic E-state index is -2.76. The van der Waals surface area contributed by atoms with Crippen LogP contribution in [0.2, 0.25) is 0 Å². The quantitative estimate of drug-likeness (QED) is 0.433. The first-order valence-corrected chi connectivity index (χ1v) is 13.3. The normalized spacial score (nSPS) is 34.1. The molecule has 1 aromatic rings. The first-order chi connectivity index (χ1) is 17.9. The fraction of sp³-hybridized carbons (Fsp3) is 0.600. The van der Waals surface area contributed by atoms with Gasteiger partial charge in [-0.3, -0.25) is 24.0 Å². The minimum Gasteiger partial charge on any atom is -0.506 e. The fourth-order valence-corrected chi connectivity index (χ4v) is 8.01. The predicted molar refractivity (Wildman–Crippen MR) is 138 cm³/mol. The van der Waals surface area contributed by atoms with Gasteiger partial charge in [-0.1, -0.05) is 41.5 Å². The van der Waals surface area contributed by atoms with Crippen LogP contribution < -0.4 is 0 Å². The van der Waals surface area contributed by atoms with E-state index >= 15 is 0 Å². The Hall–Kier alpha value is -3.20. The third-order valence-corrected chi connectivity index (χ3v) is 9.44. The first kappa shape index (κ1) is 28.8. The summed E-state index contributed by atoms with van der Waals surface area (Å²) in [7, 11) is 1.14. The van der Waals surface area contributed by atoms with Crippen LogP contribution >= 0.6 is 0 Å². The second-order valence-corrected chi connectivity index (χ2v) is 12.7. The second-order valence-electron chi connectivity index (χ2n) is 12.7. The lowest BCUT2D eigenvalue weighted by molar-refractivity contribution is -0.205. The summed E-state index contributed by atoms with van der Waals surface area (Å²) in [5.41, 5.74) is -4.78. The van der Waals surface area contributed by atoms with E-state index in [4.69, 9.17) is 4.74 Å². The third kappa shape index (κ3) is 3.54. The molecule has 0 aromatic heterocycles. The highest BCUT2D eigenvalue weighted by atomic mass is 16.5. The number of aromatic hydroxyl groups is 1. The van der Waals surface area contributed by atoms with Crippen LogP contribution in [0.15, 0.2) is 6.07 Å². The molecule has 0 radical (unpaired) electrons. The SMILES string of the molecule is COC(=O)c1cc(C(C)C)c2c(c1O)C(=O)C1C(=O)[C@@]3(O)C(=O)C(C(C)=O)C(=O)C(C(C)C)[C@@]3(C)C[C@@]1(C)C2. The molecule has 0 spiro atoms. The van der Waals surface area contributed by atoms with E-state index in [1.54, 1.807) is 20.8 Å². The summed E-state index contributed by atoms with van der Waals surface area (Å²) in [6, 6.07) is 1.49. The van der Waals surface area contributed by atoms with Crippen LogP contribution in [-0.2, 0) is 30.3 Å². The van der Waals surface area contributed by atoms with E-state index in [-0.39, 0.29) is 29.9 Å². The number of fused-ring (bicyclic) bond motifs is 3. The number of methoxy groups -OCH3 is 1. The molecule has 2 saturated carbocycles. The molecule has 0 amide bonds. The first-order valence-electron chi connectivity index (χ1n) is 13.3. The van der Waals surface area contributed by atoms with Crippen LogP contribution in [0.25, 0.3) is 0 Å². The summed E-state index contributed by atoms with van der Waals surface area (Å²) in [5, 5.41) is 23.1. The third-order valence-electron chi connectivity index (χ3n) is 9.44. The molecule has 0 aliphatic heterocycles. The van der Waals surface area contributed by atoms with Gasteiger partial charge in [-0.2, -0.15) is 0 Å². The molecule has 2 fully saturated rings. The number of esters is 1. The molecule has 9 nitrogen and oxygen atoms in total. The van der Waals surface area contributed by atoms with Crippen molar-refractivity contribution < 1.29 is 43.7 Å². The molecule has 2 N–H and O–H groups in total. The Morgan fingerprint density at radius 2 is 1.64 bits per heavy atom. The summed E-state index contributed by atoms with van der Waals surface area (Å²) in [6.07, 6.45) is 0.0993. The van der Waals surface area contributed by atoms with Gasteiger partial charge in [-0.15, -0.1) is 0 Å². The van der Waals surface area contributed by atoms with E-state index in [1.807, 2.05) is 13.8 Å². The Morgan fingerprint density at radius 1 is 1.05 bits per heavy atom. The highest BCUT2D eigenvalue weighted by Crippen LogP contribution is 2.64. The number of ketones is 5. The minimum absolute atomic E-state index is 0.0277. The highest BCUT2D eigenvalue weighted by Gasteiger charge is 2.76. The molecule has 0 heterocycles. The topological polar surface area (TPSA) is 152 Å². The van der Waals surface area contributed by atoms with Gasteiger partial charge in [-0.05, 0) is 54.2 Å². The maximum atomic E-state index is 14.3. The Morgan fingerprint density at radius 3 is 2.13 bits per heavy atom. The zero-order valence-electron chi connectivity index (χ0n) is 23.6. The average Bonchev–Trinajstić information content (AvgIpc) is 2.80. The number of hydrogen-bond acceptors (Lipinski definition) is 9. The van der Waals surface area contributed by atoms with Crippen LogP contribution in [0.5, 0.6) is 5.75 Å². The number of ether oxygens (including phenoxy) is 1. The van der Waals surface area contributed by atoms with Gasteiger partial charge in [-0.25, -0.2) is 4.79 Å². The molecule has 4 rings (SSSR count). The van der Waals surface area contributed by atoms with Crippen LogP contribution in [0.1, 0.15) is 92.6 Å². The van der Waals surface area contributed by atoms with Crippen LogP contribution in [-0.4, -0.2) is 57.8 Å². The van der Waals surface area contributed by atoms with Crippen molar-refractivity contribution in [1.82, 2.24) is 0 Å². The molecule has 3 aliphatic carbocycles. The molecule has 0 bridgehead atoms. The van der Waals surface area contributed by atoms with Gasteiger partial charge < -0.3 is 14.9 Å². The summed E-state index contributed by atoms with van der Waals surface area (Å²) in [5.74, 6) is -10.9. The van der Waals surface area contributed by atoms with Crippen molar-refractivity contribution >= 4 is 34.9 Å². The molecule has 3 unspecified atom stereocenters. The Kier molecular flexibility index (Phi) is 6.58. The standard InChI is InChI=1S/C30H36O9/c1-12(2)15-9-16(27(37)39-8)22(32)19-17(15)10-28(6)11-29(7)20(13(3)4)23(33)18(14(5)31)25(35)30(29,38)26(36)21(28)24(19)34/h9,12-13,18,20-21,32,38H,10-11H2,1-8H3/t18?,20?,21?,28-,29-,30+/m1/s1. The molecule has 210 valence electrons. The van der Waals surface area contributed by atoms with E-state index < -0.39 is 80.7 Å². The fourth-order valence-electron chi connectivity index (χ4n) is 8.01. The molecule has 39 heavy (non-hydrogen) atoms. The van der Waals surface area contributed by atoms with E-state index in [9.17, 15) is 39.0 Å². The Bertz CT molecular complexity index is 1350. The maximum Gasteiger partial charge on any atom is 0.341 e. The molecular weight excluding hydrogens is 504 g/mol. The van der Waals surface area contributed by atoms with Gasteiger partial charge in [0.2, 0.25) is 0 Å². The molecule has 1 aromatic carbocycles. The van der Waals surface area contributed by atoms with Gasteiger partial charge in [0.05, 0.1) is 18.6 Å². The van der Waals surface area contributed by atoms with E-state index in [1.165, 1.54) is 13.0 Å². The average molecular weight is 541 g/mol. The number of phenols is 1. The van der Waals surface area contributed by atoms with Crippen molar-refractivity contribution in [3.63, 3.8) is 0 Å². The Balaban J connectivity index is 2.02. The number of Topliss-reactive ketones (excluding diaryl/α,β-unsaturated/α-hetero) is 5.